The van der Waals surface area contributed by atoms with Crippen molar-refractivity contribution in [3.63, 3.8) is 0 Å². The van der Waals surface area contributed by atoms with Gasteiger partial charge in [-0.15, -0.1) is 11.3 Å². The van der Waals surface area contributed by atoms with Crippen molar-refractivity contribution in [3.05, 3.63) is 22.2 Å². The number of amides is 1. The molecule has 0 unspecified atom stereocenters. The molecule has 0 spiro atoms. The Morgan fingerprint density at radius 1 is 1.61 bits per heavy atom. The van der Waals surface area contributed by atoms with Gasteiger partial charge in [-0.2, -0.15) is 5.26 Å². The van der Waals surface area contributed by atoms with Crippen molar-refractivity contribution in [1.82, 2.24) is 9.47 Å². The normalized spacial score (nSPS) is 10.6. The van der Waals surface area contributed by atoms with Crippen LogP contribution >= 0.6 is 22.9 Å². The third-order valence-electron chi connectivity index (χ3n) is 2.83. The molecule has 0 aliphatic rings. The van der Waals surface area contributed by atoms with Gasteiger partial charge in [0.1, 0.15) is 5.69 Å². The summed E-state index contributed by atoms with van der Waals surface area (Å²) in [6, 6.07) is 5.73. The van der Waals surface area contributed by atoms with Gasteiger partial charge in [-0.25, -0.2) is 0 Å². The molecule has 0 aliphatic carbocycles. The van der Waals surface area contributed by atoms with Crippen LogP contribution < -0.4 is 0 Å². The van der Waals surface area contributed by atoms with E-state index < -0.39 is 0 Å². The highest BCUT2D eigenvalue weighted by atomic mass is 35.5. The molecule has 18 heavy (non-hydrogen) atoms. The zero-order valence-electron chi connectivity index (χ0n) is 10.1. The third kappa shape index (κ3) is 2.22. The average molecular weight is 282 g/mol. The Balaban J connectivity index is 2.31. The van der Waals surface area contributed by atoms with Gasteiger partial charge < -0.3 is 9.47 Å². The van der Waals surface area contributed by atoms with E-state index in [1.165, 1.54) is 11.3 Å². The average Bonchev–Trinajstić information content (AvgIpc) is 2.84. The molecule has 0 saturated heterocycles. The summed E-state index contributed by atoms with van der Waals surface area (Å²) in [5.41, 5.74) is 1.58. The fourth-order valence-corrected chi connectivity index (χ4v) is 3.01. The van der Waals surface area contributed by atoms with Crippen LogP contribution in [-0.2, 0) is 7.05 Å². The number of rotatable bonds is 3. The predicted octanol–water partition coefficient (Wildman–Crippen LogP) is 2.88. The Morgan fingerprint density at radius 3 is 2.94 bits per heavy atom. The molecule has 94 valence electrons. The number of halogens is 1. The van der Waals surface area contributed by atoms with Gasteiger partial charge in [0.25, 0.3) is 5.91 Å². The summed E-state index contributed by atoms with van der Waals surface area (Å²) in [7, 11) is 3.55. The van der Waals surface area contributed by atoms with Gasteiger partial charge in [-0.1, -0.05) is 11.6 Å². The third-order valence-corrected chi connectivity index (χ3v) is 4.03. The molecule has 0 aliphatic heterocycles. The molecule has 2 heterocycles. The van der Waals surface area contributed by atoms with Crippen LogP contribution in [0.3, 0.4) is 0 Å². The molecule has 0 radical (unpaired) electrons. The number of aromatic nitrogens is 1. The molecule has 0 fully saturated rings. The Bertz CT molecular complexity index is 638. The summed E-state index contributed by atoms with van der Waals surface area (Å²) in [5.74, 6) is -0.0766. The Hall–Kier alpha value is -1.51. The van der Waals surface area contributed by atoms with Gasteiger partial charge in [-0.3, -0.25) is 4.79 Å². The van der Waals surface area contributed by atoms with E-state index >= 15 is 0 Å². The first-order valence-corrected chi connectivity index (χ1v) is 6.61. The Morgan fingerprint density at radius 2 is 2.33 bits per heavy atom. The highest BCUT2D eigenvalue weighted by molar-refractivity contribution is 7.22. The summed E-state index contributed by atoms with van der Waals surface area (Å²) >= 11 is 7.39. The predicted molar refractivity (Wildman–Crippen MR) is 73.0 cm³/mol. The summed E-state index contributed by atoms with van der Waals surface area (Å²) in [6.07, 6.45) is 0.340. The minimum Gasteiger partial charge on any atom is -0.339 e. The Labute approximate surface area is 114 Å². The maximum Gasteiger partial charge on any atom is 0.270 e. The standard InChI is InChI=1S/C12H12ClN3OS/c1-15(5-3-4-14)12(17)9-6-10-8(16(9)2)7-11(13)18-10/h6-7H,3,5H2,1-2H3. The van der Waals surface area contributed by atoms with Gasteiger partial charge in [0.05, 0.1) is 27.0 Å². The maximum atomic E-state index is 12.2. The molecule has 0 N–H and O–H groups in total. The zero-order chi connectivity index (χ0) is 13.3. The number of carbonyl (C=O) groups excluding carboxylic acids is 1. The molecule has 0 bridgehead atoms. The van der Waals surface area contributed by atoms with Crippen LogP contribution in [0.25, 0.3) is 10.2 Å². The van der Waals surface area contributed by atoms with Gasteiger partial charge in [0.2, 0.25) is 0 Å². The number of hydrogen-bond acceptors (Lipinski definition) is 3. The second-order valence-electron chi connectivity index (χ2n) is 4.02. The molecular formula is C12H12ClN3OS. The molecular weight excluding hydrogens is 270 g/mol. The summed E-state index contributed by atoms with van der Waals surface area (Å²) in [6.45, 7) is 0.439. The first kappa shape index (κ1) is 12.9. The molecule has 0 aromatic carbocycles. The van der Waals surface area contributed by atoms with Gasteiger partial charge >= 0.3 is 0 Å². The minimum absolute atomic E-state index is 0.0766. The lowest BCUT2D eigenvalue weighted by Crippen LogP contribution is -2.29. The number of aryl methyl sites for hydroxylation is 1. The lowest BCUT2D eigenvalue weighted by atomic mass is 10.3. The van der Waals surface area contributed by atoms with E-state index in [1.54, 1.807) is 11.9 Å². The highest BCUT2D eigenvalue weighted by Crippen LogP contribution is 2.31. The Kier molecular flexibility index (Phi) is 3.60. The lowest BCUT2D eigenvalue weighted by Gasteiger charge is -2.15. The monoisotopic (exact) mass is 281 g/mol. The summed E-state index contributed by atoms with van der Waals surface area (Å²) in [4.78, 5) is 13.8. The fraction of sp³-hybridized carbons (Fsp3) is 0.333. The smallest absolute Gasteiger partial charge is 0.270 e. The van der Waals surface area contributed by atoms with Crippen molar-refractivity contribution >= 4 is 39.1 Å². The molecule has 1 amide bonds. The number of carbonyl (C=O) groups is 1. The fourth-order valence-electron chi connectivity index (χ4n) is 1.80. The van der Waals surface area contributed by atoms with E-state index in [2.05, 4.69) is 0 Å². The second-order valence-corrected chi connectivity index (χ2v) is 5.74. The number of thiophene rings is 1. The first-order chi connectivity index (χ1) is 8.54. The number of fused-ring (bicyclic) bond motifs is 1. The van der Waals surface area contributed by atoms with Crippen LogP contribution in [0.1, 0.15) is 16.9 Å². The number of nitriles is 1. The summed E-state index contributed by atoms with van der Waals surface area (Å²) in [5, 5.41) is 8.53. The van der Waals surface area contributed by atoms with E-state index in [9.17, 15) is 4.79 Å². The van der Waals surface area contributed by atoms with Crippen LogP contribution in [0.5, 0.6) is 0 Å². The maximum absolute atomic E-state index is 12.2. The number of nitrogens with zero attached hydrogens (tertiary/aromatic N) is 3. The van der Waals surface area contributed by atoms with E-state index in [1.807, 2.05) is 29.8 Å². The van der Waals surface area contributed by atoms with E-state index in [4.69, 9.17) is 16.9 Å². The zero-order valence-corrected chi connectivity index (χ0v) is 11.7. The topological polar surface area (TPSA) is 49.0 Å². The molecule has 2 aromatic heterocycles. The van der Waals surface area contributed by atoms with Crippen molar-refractivity contribution in [1.29, 1.82) is 5.26 Å². The van der Waals surface area contributed by atoms with Crippen LogP contribution in [0.15, 0.2) is 12.1 Å². The van der Waals surface area contributed by atoms with Crippen molar-refractivity contribution < 1.29 is 4.79 Å². The van der Waals surface area contributed by atoms with E-state index in [0.29, 0.717) is 23.0 Å². The highest BCUT2D eigenvalue weighted by Gasteiger charge is 2.18. The van der Waals surface area contributed by atoms with Crippen molar-refractivity contribution in [2.45, 2.75) is 6.42 Å². The van der Waals surface area contributed by atoms with Crippen molar-refractivity contribution in [2.24, 2.45) is 7.05 Å². The SMILES string of the molecule is CN(CCC#N)C(=O)c1cc2sc(Cl)cc2n1C. The largest absolute Gasteiger partial charge is 0.339 e. The van der Waals surface area contributed by atoms with Crippen molar-refractivity contribution in [3.8, 4) is 6.07 Å². The van der Waals surface area contributed by atoms with Gasteiger partial charge in [-0.05, 0) is 12.1 Å². The van der Waals surface area contributed by atoms with E-state index in [0.717, 1.165) is 10.2 Å². The minimum atomic E-state index is -0.0766. The molecule has 0 atom stereocenters. The molecule has 2 rings (SSSR count). The van der Waals surface area contributed by atoms with E-state index in [-0.39, 0.29) is 5.91 Å². The van der Waals surface area contributed by atoms with Gasteiger partial charge in [0, 0.05) is 20.6 Å². The molecule has 4 nitrogen and oxygen atoms in total. The van der Waals surface area contributed by atoms with Crippen molar-refractivity contribution in [2.75, 3.05) is 13.6 Å². The second kappa shape index (κ2) is 5.01. The first-order valence-electron chi connectivity index (χ1n) is 5.41. The van der Waals surface area contributed by atoms with Crippen LogP contribution in [-0.4, -0.2) is 29.0 Å². The quantitative estimate of drug-likeness (QED) is 0.868. The van der Waals surface area contributed by atoms with Crippen LogP contribution in [0.4, 0.5) is 0 Å². The number of hydrogen-bond donors (Lipinski definition) is 0. The summed E-state index contributed by atoms with van der Waals surface area (Å²) < 4.78 is 3.55. The molecule has 2 aromatic rings. The van der Waals surface area contributed by atoms with Gasteiger partial charge in [0.15, 0.2) is 0 Å². The molecule has 6 heteroatoms. The molecule has 0 saturated carbocycles. The lowest BCUT2D eigenvalue weighted by molar-refractivity contribution is 0.0789. The van der Waals surface area contributed by atoms with Crippen LogP contribution in [0, 0.1) is 11.3 Å². The van der Waals surface area contributed by atoms with Crippen LogP contribution in [0.2, 0.25) is 4.34 Å².